The number of piperidine rings is 1. The Labute approximate surface area is 106 Å². The third kappa shape index (κ3) is 4.81. The van der Waals surface area contributed by atoms with E-state index in [2.05, 4.69) is 25.7 Å². The molecule has 0 aliphatic carbocycles. The second-order valence-corrected chi connectivity index (χ2v) is 5.67. The van der Waals surface area contributed by atoms with Crippen molar-refractivity contribution >= 4 is 5.91 Å². The Morgan fingerprint density at radius 1 is 1.24 bits per heavy atom. The first-order chi connectivity index (χ1) is 8.00. The third-order valence-corrected chi connectivity index (χ3v) is 3.12. The van der Waals surface area contributed by atoms with Crippen molar-refractivity contribution in [3.63, 3.8) is 0 Å². The Kier molecular flexibility index (Phi) is 5.55. The molecule has 1 fully saturated rings. The van der Waals surface area contributed by atoms with Crippen molar-refractivity contribution in [2.24, 2.45) is 17.8 Å². The summed E-state index contributed by atoms with van der Waals surface area (Å²) in [5.41, 5.74) is 0. The van der Waals surface area contributed by atoms with E-state index in [0.29, 0.717) is 17.7 Å². The Balaban J connectivity index is 2.35. The lowest BCUT2D eigenvalue weighted by molar-refractivity contribution is -0.135. The number of likely N-dealkylation sites (tertiary alicyclic amines) is 1. The van der Waals surface area contributed by atoms with E-state index in [-0.39, 0.29) is 5.92 Å². The van der Waals surface area contributed by atoms with Crippen LogP contribution in [0.5, 0.6) is 0 Å². The van der Waals surface area contributed by atoms with Crippen LogP contribution in [0.15, 0.2) is 0 Å². The van der Waals surface area contributed by atoms with Crippen LogP contribution in [0.1, 0.15) is 47.0 Å². The predicted octanol–water partition coefficient (Wildman–Crippen LogP) is 2.93. The molecule has 0 unspecified atom stereocenters. The quantitative estimate of drug-likeness (QED) is 0.674. The first kappa shape index (κ1) is 14.1. The summed E-state index contributed by atoms with van der Waals surface area (Å²) in [7, 11) is 0. The lowest BCUT2D eigenvalue weighted by Crippen LogP contribution is -2.40. The van der Waals surface area contributed by atoms with Gasteiger partial charge in [-0.15, -0.1) is 5.92 Å². The van der Waals surface area contributed by atoms with Gasteiger partial charge in [0.2, 0.25) is 5.91 Å². The topological polar surface area (TPSA) is 20.3 Å². The van der Waals surface area contributed by atoms with E-state index in [1.54, 1.807) is 0 Å². The van der Waals surface area contributed by atoms with Crippen LogP contribution in [-0.4, -0.2) is 23.9 Å². The standard InChI is InChI=1S/C15H25NO/c1-12(2)6-5-7-14-8-10-16(11-9-14)15(17)13(3)4/h12-14H,6,8-11H2,1-4H3. The summed E-state index contributed by atoms with van der Waals surface area (Å²) in [6.07, 6.45) is 3.08. The average molecular weight is 235 g/mol. The van der Waals surface area contributed by atoms with Crippen LogP contribution in [0.2, 0.25) is 0 Å². The fraction of sp³-hybridized carbons (Fsp3) is 0.800. The molecule has 0 radical (unpaired) electrons. The van der Waals surface area contributed by atoms with Gasteiger partial charge in [0.15, 0.2) is 0 Å². The highest BCUT2D eigenvalue weighted by molar-refractivity contribution is 5.78. The van der Waals surface area contributed by atoms with Gasteiger partial charge in [0.05, 0.1) is 0 Å². The van der Waals surface area contributed by atoms with E-state index < -0.39 is 0 Å². The third-order valence-electron chi connectivity index (χ3n) is 3.12. The number of carbonyl (C=O) groups excluding carboxylic acids is 1. The van der Waals surface area contributed by atoms with Crippen molar-refractivity contribution < 1.29 is 4.79 Å². The number of rotatable bonds is 2. The molecule has 0 saturated carbocycles. The van der Waals surface area contributed by atoms with Gasteiger partial charge < -0.3 is 4.90 Å². The molecule has 0 aromatic heterocycles. The molecule has 1 aliphatic heterocycles. The van der Waals surface area contributed by atoms with Gasteiger partial charge >= 0.3 is 0 Å². The van der Waals surface area contributed by atoms with Gasteiger partial charge in [-0.25, -0.2) is 0 Å². The smallest absolute Gasteiger partial charge is 0.225 e. The molecule has 2 heteroatoms. The number of nitrogens with zero attached hydrogens (tertiary/aromatic N) is 1. The second-order valence-electron chi connectivity index (χ2n) is 5.67. The Morgan fingerprint density at radius 2 is 1.82 bits per heavy atom. The zero-order valence-corrected chi connectivity index (χ0v) is 11.6. The molecule has 0 aromatic rings. The van der Waals surface area contributed by atoms with E-state index in [9.17, 15) is 4.79 Å². The first-order valence-electron chi connectivity index (χ1n) is 6.78. The number of amides is 1. The molecule has 0 bridgehead atoms. The molecule has 0 aromatic carbocycles. The molecule has 0 atom stereocenters. The fourth-order valence-electron chi connectivity index (χ4n) is 2.02. The van der Waals surface area contributed by atoms with Gasteiger partial charge in [0.1, 0.15) is 0 Å². The summed E-state index contributed by atoms with van der Waals surface area (Å²) >= 11 is 0. The highest BCUT2D eigenvalue weighted by Crippen LogP contribution is 2.18. The van der Waals surface area contributed by atoms with Crippen LogP contribution in [0.3, 0.4) is 0 Å². The minimum atomic E-state index is 0.124. The van der Waals surface area contributed by atoms with Crippen molar-refractivity contribution in [3.05, 3.63) is 0 Å². The van der Waals surface area contributed by atoms with Crippen molar-refractivity contribution in [2.75, 3.05) is 13.1 Å². The Bertz CT molecular complexity index is 301. The Hall–Kier alpha value is -0.970. The van der Waals surface area contributed by atoms with Crippen molar-refractivity contribution in [1.29, 1.82) is 0 Å². The molecular weight excluding hydrogens is 210 g/mol. The number of hydrogen-bond donors (Lipinski definition) is 0. The van der Waals surface area contributed by atoms with E-state index in [1.807, 2.05) is 18.7 Å². The molecule has 1 heterocycles. The summed E-state index contributed by atoms with van der Waals surface area (Å²) < 4.78 is 0. The zero-order chi connectivity index (χ0) is 12.8. The number of carbonyl (C=O) groups is 1. The highest BCUT2D eigenvalue weighted by atomic mass is 16.2. The normalized spacial score (nSPS) is 17.2. The molecule has 0 N–H and O–H groups in total. The maximum atomic E-state index is 11.8. The molecule has 2 nitrogen and oxygen atoms in total. The molecule has 0 spiro atoms. The summed E-state index contributed by atoms with van der Waals surface area (Å²) in [6, 6.07) is 0. The molecule has 1 rings (SSSR count). The maximum Gasteiger partial charge on any atom is 0.225 e. The largest absolute Gasteiger partial charge is 0.342 e. The Morgan fingerprint density at radius 3 is 2.29 bits per heavy atom. The summed E-state index contributed by atoms with van der Waals surface area (Å²) in [5, 5.41) is 0. The van der Waals surface area contributed by atoms with Gasteiger partial charge in [-0.05, 0) is 18.8 Å². The lowest BCUT2D eigenvalue weighted by atomic mass is 9.96. The van der Waals surface area contributed by atoms with E-state index in [4.69, 9.17) is 0 Å². The average Bonchev–Trinajstić information content (AvgIpc) is 2.28. The van der Waals surface area contributed by atoms with Crippen molar-refractivity contribution in [1.82, 2.24) is 4.90 Å². The van der Waals surface area contributed by atoms with Gasteiger partial charge in [0, 0.05) is 31.3 Å². The lowest BCUT2D eigenvalue weighted by Gasteiger charge is -2.31. The van der Waals surface area contributed by atoms with E-state index >= 15 is 0 Å². The zero-order valence-electron chi connectivity index (χ0n) is 11.6. The minimum absolute atomic E-state index is 0.124. The SMILES string of the molecule is CC(C)CC#CC1CCN(C(=O)C(C)C)CC1. The summed E-state index contributed by atoms with van der Waals surface area (Å²) in [4.78, 5) is 13.8. The van der Waals surface area contributed by atoms with Crippen LogP contribution in [0.4, 0.5) is 0 Å². The first-order valence-corrected chi connectivity index (χ1v) is 6.78. The van der Waals surface area contributed by atoms with Crippen LogP contribution >= 0.6 is 0 Å². The van der Waals surface area contributed by atoms with Crippen LogP contribution in [0, 0.1) is 29.6 Å². The van der Waals surface area contributed by atoms with Crippen LogP contribution < -0.4 is 0 Å². The fourth-order valence-corrected chi connectivity index (χ4v) is 2.02. The molecule has 1 aliphatic rings. The second kappa shape index (κ2) is 6.69. The summed E-state index contributed by atoms with van der Waals surface area (Å²) in [6.45, 7) is 10.1. The monoisotopic (exact) mass is 235 g/mol. The van der Waals surface area contributed by atoms with E-state index in [0.717, 1.165) is 32.4 Å². The van der Waals surface area contributed by atoms with Crippen LogP contribution in [0.25, 0.3) is 0 Å². The number of hydrogen-bond acceptors (Lipinski definition) is 1. The van der Waals surface area contributed by atoms with Crippen molar-refractivity contribution in [2.45, 2.75) is 47.0 Å². The van der Waals surface area contributed by atoms with Crippen LogP contribution in [-0.2, 0) is 4.79 Å². The van der Waals surface area contributed by atoms with Gasteiger partial charge in [0.25, 0.3) is 0 Å². The molecule has 1 saturated heterocycles. The molecule has 17 heavy (non-hydrogen) atoms. The minimum Gasteiger partial charge on any atom is -0.342 e. The maximum absolute atomic E-state index is 11.8. The van der Waals surface area contributed by atoms with Gasteiger partial charge in [-0.3, -0.25) is 4.79 Å². The molecular formula is C15H25NO. The molecule has 96 valence electrons. The predicted molar refractivity (Wildman–Crippen MR) is 71.4 cm³/mol. The highest BCUT2D eigenvalue weighted by Gasteiger charge is 2.22. The van der Waals surface area contributed by atoms with E-state index in [1.165, 1.54) is 0 Å². The van der Waals surface area contributed by atoms with Crippen molar-refractivity contribution in [3.8, 4) is 11.8 Å². The van der Waals surface area contributed by atoms with Gasteiger partial charge in [-0.2, -0.15) is 0 Å². The van der Waals surface area contributed by atoms with Gasteiger partial charge in [-0.1, -0.05) is 33.6 Å². The molecule has 1 amide bonds. The summed E-state index contributed by atoms with van der Waals surface area (Å²) in [5.74, 6) is 8.20.